The highest BCUT2D eigenvalue weighted by Crippen LogP contribution is 2.22. The number of aliphatic hydroxyl groups is 1. The molecule has 0 bridgehead atoms. The van der Waals surface area contributed by atoms with Crippen LogP contribution in [0, 0.1) is 17.0 Å². The Balaban J connectivity index is 2.96. The van der Waals surface area contributed by atoms with Crippen molar-refractivity contribution in [3.05, 3.63) is 29.3 Å². The van der Waals surface area contributed by atoms with Crippen molar-refractivity contribution in [3.63, 3.8) is 0 Å². The van der Waals surface area contributed by atoms with E-state index in [2.05, 4.69) is 5.32 Å². The van der Waals surface area contributed by atoms with Crippen molar-refractivity contribution < 1.29 is 23.8 Å². The van der Waals surface area contributed by atoms with E-state index in [1.165, 1.54) is 0 Å². The number of anilines is 1. The first-order valence-corrected chi connectivity index (χ1v) is 5.34. The maximum absolute atomic E-state index is 13.4. The number of aromatic carboxylic acids is 1. The summed E-state index contributed by atoms with van der Waals surface area (Å²) in [4.78, 5) is 10.7. The van der Waals surface area contributed by atoms with Crippen LogP contribution in [0.4, 0.5) is 14.5 Å². The van der Waals surface area contributed by atoms with Crippen LogP contribution in [0.15, 0.2) is 12.1 Å². The second-order valence-corrected chi connectivity index (χ2v) is 4.79. The van der Waals surface area contributed by atoms with Crippen molar-refractivity contribution in [2.24, 2.45) is 5.41 Å². The van der Waals surface area contributed by atoms with Crippen LogP contribution in [0.25, 0.3) is 0 Å². The summed E-state index contributed by atoms with van der Waals surface area (Å²) in [5.41, 5.74) is -1.19. The van der Waals surface area contributed by atoms with Gasteiger partial charge in [0.15, 0.2) is 0 Å². The first-order chi connectivity index (χ1) is 8.26. The lowest BCUT2D eigenvalue weighted by molar-refractivity contribution is 0.0692. The highest BCUT2D eigenvalue weighted by Gasteiger charge is 2.19. The van der Waals surface area contributed by atoms with E-state index < -0.39 is 28.6 Å². The van der Waals surface area contributed by atoms with Crippen LogP contribution in [-0.2, 0) is 0 Å². The normalized spacial score (nSPS) is 11.4. The second-order valence-electron chi connectivity index (χ2n) is 4.79. The Labute approximate surface area is 103 Å². The fourth-order valence-corrected chi connectivity index (χ4v) is 1.24. The van der Waals surface area contributed by atoms with Crippen LogP contribution in [0.1, 0.15) is 24.2 Å². The highest BCUT2D eigenvalue weighted by atomic mass is 19.1. The lowest BCUT2D eigenvalue weighted by atomic mass is 9.95. The Morgan fingerprint density at radius 3 is 2.44 bits per heavy atom. The maximum Gasteiger partial charge on any atom is 0.338 e. The fourth-order valence-electron chi connectivity index (χ4n) is 1.24. The van der Waals surface area contributed by atoms with Gasteiger partial charge in [0.25, 0.3) is 0 Å². The van der Waals surface area contributed by atoms with Gasteiger partial charge in [-0.15, -0.1) is 0 Å². The molecule has 0 spiro atoms. The van der Waals surface area contributed by atoms with E-state index in [1.54, 1.807) is 13.8 Å². The van der Waals surface area contributed by atoms with Crippen molar-refractivity contribution in [2.45, 2.75) is 13.8 Å². The van der Waals surface area contributed by atoms with Gasteiger partial charge in [-0.25, -0.2) is 13.6 Å². The topological polar surface area (TPSA) is 69.6 Å². The van der Waals surface area contributed by atoms with Gasteiger partial charge in [-0.3, -0.25) is 0 Å². The SMILES string of the molecule is CC(C)(CO)CNc1cc(C(=O)O)c(F)cc1F. The zero-order valence-electron chi connectivity index (χ0n) is 10.1. The first kappa shape index (κ1) is 14.4. The quantitative estimate of drug-likeness (QED) is 0.757. The maximum atomic E-state index is 13.4. The van der Waals surface area contributed by atoms with Gasteiger partial charge in [-0.1, -0.05) is 13.8 Å². The molecule has 0 aliphatic rings. The minimum absolute atomic E-state index is 0.102. The number of hydrogen-bond donors (Lipinski definition) is 3. The molecule has 1 aromatic rings. The van der Waals surface area contributed by atoms with Crippen LogP contribution in [0.2, 0.25) is 0 Å². The summed E-state index contributed by atoms with van der Waals surface area (Å²) in [6, 6.07) is 1.43. The van der Waals surface area contributed by atoms with Crippen LogP contribution in [0.5, 0.6) is 0 Å². The van der Waals surface area contributed by atoms with E-state index in [0.29, 0.717) is 6.07 Å². The molecular formula is C12H15F2NO3. The molecule has 100 valence electrons. The monoisotopic (exact) mass is 259 g/mol. The molecule has 0 radical (unpaired) electrons. The number of hydrogen-bond acceptors (Lipinski definition) is 3. The van der Waals surface area contributed by atoms with Crippen molar-refractivity contribution in [1.82, 2.24) is 0 Å². The third kappa shape index (κ3) is 3.40. The number of carboxylic acids is 1. The zero-order valence-corrected chi connectivity index (χ0v) is 10.1. The summed E-state index contributed by atoms with van der Waals surface area (Å²) < 4.78 is 26.5. The van der Waals surface area contributed by atoms with Crippen LogP contribution >= 0.6 is 0 Å². The van der Waals surface area contributed by atoms with Gasteiger partial charge >= 0.3 is 5.97 Å². The summed E-state index contributed by atoms with van der Waals surface area (Å²) >= 11 is 0. The largest absolute Gasteiger partial charge is 0.478 e. The summed E-state index contributed by atoms with van der Waals surface area (Å²) in [6.07, 6.45) is 0. The first-order valence-electron chi connectivity index (χ1n) is 5.34. The number of carboxylic acid groups (broad SMARTS) is 1. The number of halogens is 2. The standard InChI is InChI=1S/C12H15F2NO3/c1-12(2,6-16)5-15-10-3-7(11(17)18)8(13)4-9(10)14/h3-4,15-16H,5-6H2,1-2H3,(H,17,18). The molecular weight excluding hydrogens is 244 g/mol. The molecule has 0 amide bonds. The molecule has 4 nitrogen and oxygen atoms in total. The van der Waals surface area contributed by atoms with Gasteiger partial charge in [0, 0.05) is 24.6 Å². The number of carbonyl (C=O) groups is 1. The summed E-state index contributed by atoms with van der Waals surface area (Å²) in [7, 11) is 0. The Kier molecular flexibility index (Phi) is 4.24. The number of benzene rings is 1. The molecule has 0 aliphatic heterocycles. The summed E-state index contributed by atoms with van der Waals surface area (Å²) in [5, 5.41) is 20.4. The molecule has 0 unspecified atom stereocenters. The third-order valence-electron chi connectivity index (χ3n) is 2.47. The van der Waals surface area contributed by atoms with Crippen molar-refractivity contribution >= 4 is 11.7 Å². The zero-order chi connectivity index (χ0) is 13.9. The van der Waals surface area contributed by atoms with Gasteiger partial charge in [0.2, 0.25) is 0 Å². The van der Waals surface area contributed by atoms with E-state index in [9.17, 15) is 13.6 Å². The molecule has 0 aliphatic carbocycles. The Bertz CT molecular complexity index is 461. The molecule has 18 heavy (non-hydrogen) atoms. The Morgan fingerprint density at radius 2 is 1.94 bits per heavy atom. The molecule has 6 heteroatoms. The molecule has 1 rings (SSSR count). The molecule has 1 aromatic carbocycles. The lowest BCUT2D eigenvalue weighted by Crippen LogP contribution is -2.27. The summed E-state index contributed by atoms with van der Waals surface area (Å²) in [6.45, 7) is 3.61. The van der Waals surface area contributed by atoms with Gasteiger partial charge in [0.1, 0.15) is 11.6 Å². The third-order valence-corrected chi connectivity index (χ3v) is 2.47. The average molecular weight is 259 g/mol. The van der Waals surface area contributed by atoms with Crippen LogP contribution in [0.3, 0.4) is 0 Å². The minimum atomic E-state index is -1.46. The second kappa shape index (κ2) is 5.30. The van der Waals surface area contributed by atoms with E-state index in [4.69, 9.17) is 10.2 Å². The number of rotatable bonds is 5. The summed E-state index contributed by atoms with van der Waals surface area (Å²) in [5.74, 6) is -3.45. The van der Waals surface area contributed by atoms with Crippen LogP contribution in [-0.4, -0.2) is 29.3 Å². The van der Waals surface area contributed by atoms with E-state index >= 15 is 0 Å². The number of nitrogens with one attached hydrogen (secondary N) is 1. The van der Waals surface area contributed by atoms with E-state index in [0.717, 1.165) is 6.07 Å². The number of aliphatic hydroxyl groups excluding tert-OH is 1. The predicted molar refractivity (Wildman–Crippen MR) is 62.7 cm³/mol. The lowest BCUT2D eigenvalue weighted by Gasteiger charge is -2.22. The van der Waals surface area contributed by atoms with Gasteiger partial charge in [-0.05, 0) is 6.07 Å². The molecule has 3 N–H and O–H groups in total. The molecule has 0 heterocycles. The Hall–Kier alpha value is -1.69. The van der Waals surface area contributed by atoms with Gasteiger partial charge < -0.3 is 15.5 Å². The average Bonchev–Trinajstić information content (AvgIpc) is 2.27. The smallest absolute Gasteiger partial charge is 0.338 e. The molecule has 0 aromatic heterocycles. The molecule has 0 saturated carbocycles. The molecule has 0 atom stereocenters. The van der Waals surface area contributed by atoms with Crippen LogP contribution < -0.4 is 5.32 Å². The van der Waals surface area contributed by atoms with Gasteiger partial charge in [0.05, 0.1) is 11.3 Å². The Morgan fingerprint density at radius 1 is 1.33 bits per heavy atom. The van der Waals surface area contributed by atoms with E-state index in [-0.39, 0.29) is 18.8 Å². The van der Waals surface area contributed by atoms with E-state index in [1.807, 2.05) is 0 Å². The minimum Gasteiger partial charge on any atom is -0.478 e. The fraction of sp³-hybridized carbons (Fsp3) is 0.417. The van der Waals surface area contributed by atoms with Crippen molar-refractivity contribution in [1.29, 1.82) is 0 Å². The predicted octanol–water partition coefficient (Wildman–Crippen LogP) is 2.09. The van der Waals surface area contributed by atoms with Gasteiger partial charge in [-0.2, -0.15) is 0 Å². The highest BCUT2D eigenvalue weighted by molar-refractivity contribution is 5.89. The van der Waals surface area contributed by atoms with Crippen molar-refractivity contribution in [3.8, 4) is 0 Å². The molecule has 0 fully saturated rings. The molecule has 0 saturated heterocycles. The van der Waals surface area contributed by atoms with Crippen molar-refractivity contribution in [2.75, 3.05) is 18.5 Å².